The number of anilines is 1. The largest absolute Gasteiger partial charge is 0.496 e. The summed E-state index contributed by atoms with van der Waals surface area (Å²) in [4.78, 5) is 18.3. The van der Waals surface area contributed by atoms with Crippen molar-refractivity contribution in [1.82, 2.24) is 14.5 Å². The van der Waals surface area contributed by atoms with E-state index in [2.05, 4.69) is 4.98 Å². The molecule has 6 heteroatoms. The fourth-order valence-electron chi connectivity index (χ4n) is 1.97. The fourth-order valence-corrected chi connectivity index (χ4v) is 1.97. The van der Waals surface area contributed by atoms with E-state index in [4.69, 9.17) is 10.5 Å². The van der Waals surface area contributed by atoms with Gasteiger partial charge in [-0.25, -0.2) is 4.98 Å². The van der Waals surface area contributed by atoms with E-state index < -0.39 is 0 Å². The van der Waals surface area contributed by atoms with Gasteiger partial charge < -0.3 is 19.9 Å². The van der Waals surface area contributed by atoms with Crippen LogP contribution in [0.3, 0.4) is 0 Å². The fraction of sp³-hybridized carbons (Fsp3) is 0.286. The third-order valence-electron chi connectivity index (χ3n) is 3.14. The molecule has 0 radical (unpaired) electrons. The SMILES string of the molecule is COc1cccc(N)c1C(=O)N(C)Cc1nccn1C. The zero-order chi connectivity index (χ0) is 14.7. The van der Waals surface area contributed by atoms with Gasteiger partial charge in [0.25, 0.3) is 5.91 Å². The van der Waals surface area contributed by atoms with Gasteiger partial charge in [0.05, 0.1) is 13.7 Å². The first-order chi connectivity index (χ1) is 9.54. The maximum Gasteiger partial charge on any atom is 0.259 e. The number of nitrogens with two attached hydrogens (primary N) is 1. The summed E-state index contributed by atoms with van der Waals surface area (Å²) in [6.45, 7) is 0.403. The second-order valence-corrected chi connectivity index (χ2v) is 4.54. The van der Waals surface area contributed by atoms with Crippen LogP contribution >= 0.6 is 0 Å². The smallest absolute Gasteiger partial charge is 0.259 e. The Hall–Kier alpha value is -2.50. The van der Waals surface area contributed by atoms with Crippen LogP contribution in [-0.2, 0) is 13.6 Å². The number of carbonyl (C=O) groups excluding carboxylic acids is 1. The molecule has 6 nitrogen and oxygen atoms in total. The number of rotatable bonds is 4. The summed E-state index contributed by atoms with van der Waals surface area (Å²) in [7, 11) is 5.12. The average molecular weight is 274 g/mol. The van der Waals surface area contributed by atoms with Crippen molar-refractivity contribution >= 4 is 11.6 Å². The van der Waals surface area contributed by atoms with Gasteiger partial charge in [-0.15, -0.1) is 0 Å². The van der Waals surface area contributed by atoms with Crippen LogP contribution in [0.5, 0.6) is 5.75 Å². The van der Waals surface area contributed by atoms with Gasteiger partial charge in [-0.3, -0.25) is 4.79 Å². The Labute approximate surface area is 117 Å². The predicted octanol–water partition coefficient (Wildman–Crippen LogP) is 1.28. The minimum atomic E-state index is -0.192. The Bertz CT molecular complexity index is 621. The molecule has 106 valence electrons. The number of hydrogen-bond donors (Lipinski definition) is 1. The molecule has 0 aliphatic rings. The van der Waals surface area contributed by atoms with Gasteiger partial charge in [-0.05, 0) is 12.1 Å². The molecule has 0 aliphatic heterocycles. The highest BCUT2D eigenvalue weighted by atomic mass is 16.5. The van der Waals surface area contributed by atoms with Crippen LogP contribution in [0.15, 0.2) is 30.6 Å². The first-order valence-corrected chi connectivity index (χ1v) is 6.18. The van der Waals surface area contributed by atoms with Crippen LogP contribution in [0.1, 0.15) is 16.2 Å². The van der Waals surface area contributed by atoms with E-state index in [1.165, 1.54) is 7.11 Å². The maximum absolute atomic E-state index is 12.5. The maximum atomic E-state index is 12.5. The average Bonchev–Trinajstić information content (AvgIpc) is 2.83. The van der Waals surface area contributed by atoms with Gasteiger partial charge in [-0.1, -0.05) is 6.07 Å². The lowest BCUT2D eigenvalue weighted by Gasteiger charge is -2.19. The molecule has 0 bridgehead atoms. The van der Waals surface area contributed by atoms with Crippen molar-refractivity contribution in [3.63, 3.8) is 0 Å². The Morgan fingerprint density at radius 1 is 1.50 bits per heavy atom. The second-order valence-electron chi connectivity index (χ2n) is 4.54. The monoisotopic (exact) mass is 274 g/mol. The van der Waals surface area contributed by atoms with Gasteiger partial charge in [0.15, 0.2) is 0 Å². The molecule has 2 aromatic rings. The molecule has 1 aromatic carbocycles. The van der Waals surface area contributed by atoms with E-state index in [-0.39, 0.29) is 5.91 Å². The molecule has 0 fully saturated rings. The highest BCUT2D eigenvalue weighted by Gasteiger charge is 2.20. The number of carbonyl (C=O) groups is 1. The third kappa shape index (κ3) is 2.59. The number of aryl methyl sites for hydroxylation is 1. The van der Waals surface area contributed by atoms with Crippen molar-refractivity contribution in [2.45, 2.75) is 6.54 Å². The summed E-state index contributed by atoms with van der Waals surface area (Å²) in [5, 5.41) is 0. The molecule has 0 saturated carbocycles. The summed E-state index contributed by atoms with van der Waals surface area (Å²) in [5.41, 5.74) is 6.68. The summed E-state index contributed by atoms with van der Waals surface area (Å²) >= 11 is 0. The molecule has 0 aliphatic carbocycles. The Morgan fingerprint density at radius 3 is 2.85 bits per heavy atom. The number of nitrogens with zero attached hydrogens (tertiary/aromatic N) is 3. The van der Waals surface area contributed by atoms with Crippen LogP contribution in [-0.4, -0.2) is 34.5 Å². The van der Waals surface area contributed by atoms with Crippen LogP contribution in [0.25, 0.3) is 0 Å². The summed E-state index contributed by atoms with van der Waals surface area (Å²) < 4.78 is 7.08. The van der Waals surface area contributed by atoms with Crippen molar-refractivity contribution in [2.75, 3.05) is 19.9 Å². The molecule has 1 heterocycles. The molecule has 1 aromatic heterocycles. The number of ether oxygens (including phenoxy) is 1. The number of amides is 1. The number of hydrogen-bond acceptors (Lipinski definition) is 4. The lowest BCUT2D eigenvalue weighted by molar-refractivity contribution is 0.0778. The number of aromatic nitrogens is 2. The quantitative estimate of drug-likeness (QED) is 0.852. The summed E-state index contributed by atoms with van der Waals surface area (Å²) in [6, 6.07) is 5.16. The number of imidazole rings is 1. The molecular formula is C14H18N4O2. The number of benzene rings is 1. The highest BCUT2D eigenvalue weighted by molar-refractivity contribution is 6.01. The highest BCUT2D eigenvalue weighted by Crippen LogP contribution is 2.25. The van der Waals surface area contributed by atoms with Crippen LogP contribution in [0, 0.1) is 0 Å². The summed E-state index contributed by atoms with van der Waals surface area (Å²) in [5.74, 6) is 1.08. The molecule has 0 spiro atoms. The van der Waals surface area contributed by atoms with Crippen LogP contribution in [0.4, 0.5) is 5.69 Å². The standard InChI is InChI=1S/C14H18N4O2/c1-17-8-7-16-12(17)9-18(2)14(19)13-10(15)5-4-6-11(13)20-3/h4-8H,9,15H2,1-3H3. The first kappa shape index (κ1) is 13.9. The van der Waals surface area contributed by atoms with E-state index in [9.17, 15) is 4.79 Å². The minimum absolute atomic E-state index is 0.192. The molecular weight excluding hydrogens is 256 g/mol. The zero-order valence-corrected chi connectivity index (χ0v) is 11.8. The van der Waals surface area contributed by atoms with Crippen LogP contribution < -0.4 is 10.5 Å². The van der Waals surface area contributed by atoms with Gasteiger partial charge >= 0.3 is 0 Å². The van der Waals surface area contributed by atoms with Crippen molar-refractivity contribution in [1.29, 1.82) is 0 Å². The van der Waals surface area contributed by atoms with Gasteiger partial charge in [0.2, 0.25) is 0 Å². The van der Waals surface area contributed by atoms with Crippen molar-refractivity contribution in [2.24, 2.45) is 7.05 Å². The van der Waals surface area contributed by atoms with Crippen LogP contribution in [0.2, 0.25) is 0 Å². The van der Waals surface area contributed by atoms with E-state index in [1.54, 1.807) is 36.3 Å². The molecule has 1 amide bonds. The number of methoxy groups -OCH3 is 1. The molecule has 0 atom stereocenters. The number of nitrogen functional groups attached to an aromatic ring is 1. The Kier molecular flexibility index (Phi) is 3.93. The zero-order valence-electron chi connectivity index (χ0n) is 11.8. The molecule has 20 heavy (non-hydrogen) atoms. The second kappa shape index (κ2) is 5.64. The van der Waals surface area contributed by atoms with E-state index in [0.29, 0.717) is 23.5 Å². The van der Waals surface area contributed by atoms with Crippen molar-refractivity contribution in [3.05, 3.63) is 42.0 Å². The predicted molar refractivity (Wildman–Crippen MR) is 76.4 cm³/mol. The lowest BCUT2D eigenvalue weighted by atomic mass is 10.1. The molecule has 0 unspecified atom stereocenters. The lowest BCUT2D eigenvalue weighted by Crippen LogP contribution is -2.28. The Balaban J connectivity index is 2.25. The van der Waals surface area contributed by atoms with Gasteiger partial charge in [-0.2, -0.15) is 0 Å². The molecule has 2 rings (SSSR count). The summed E-state index contributed by atoms with van der Waals surface area (Å²) in [6.07, 6.45) is 3.54. The molecule has 0 saturated heterocycles. The minimum Gasteiger partial charge on any atom is -0.496 e. The first-order valence-electron chi connectivity index (χ1n) is 6.18. The van der Waals surface area contributed by atoms with Crippen molar-refractivity contribution < 1.29 is 9.53 Å². The van der Waals surface area contributed by atoms with Gasteiger partial charge in [0, 0.05) is 32.2 Å². The van der Waals surface area contributed by atoms with E-state index in [1.807, 2.05) is 17.8 Å². The van der Waals surface area contributed by atoms with Gasteiger partial charge in [0.1, 0.15) is 17.1 Å². The topological polar surface area (TPSA) is 73.4 Å². The Morgan fingerprint density at radius 2 is 2.25 bits per heavy atom. The van der Waals surface area contributed by atoms with Crippen molar-refractivity contribution in [3.8, 4) is 5.75 Å². The molecule has 2 N–H and O–H groups in total. The van der Waals surface area contributed by atoms with E-state index in [0.717, 1.165) is 5.82 Å². The van der Waals surface area contributed by atoms with E-state index >= 15 is 0 Å². The normalized spacial score (nSPS) is 10.3. The third-order valence-corrected chi connectivity index (χ3v) is 3.14.